The zero-order chi connectivity index (χ0) is 21.5. The number of carbonyl (C=O) groups excluding carboxylic acids is 2. The van der Waals surface area contributed by atoms with Gasteiger partial charge in [-0.25, -0.2) is 4.68 Å². The first-order chi connectivity index (χ1) is 13.5. The van der Waals surface area contributed by atoms with Crippen molar-refractivity contribution in [1.29, 1.82) is 0 Å². The fraction of sp³-hybridized carbons (Fsp3) is 0.263. The lowest BCUT2D eigenvalue weighted by Crippen LogP contribution is -2.32. The maximum absolute atomic E-state index is 12.8. The van der Waals surface area contributed by atoms with Crippen molar-refractivity contribution in [3.63, 3.8) is 0 Å². The van der Waals surface area contributed by atoms with Crippen molar-refractivity contribution in [3.05, 3.63) is 63.3 Å². The maximum atomic E-state index is 12.8. The van der Waals surface area contributed by atoms with Gasteiger partial charge in [0.1, 0.15) is 18.8 Å². The summed E-state index contributed by atoms with van der Waals surface area (Å²) in [6.45, 7) is 0.931. The maximum Gasteiger partial charge on any atom is 0.406 e. The molecule has 29 heavy (non-hydrogen) atoms. The molecule has 0 amide bonds. The summed E-state index contributed by atoms with van der Waals surface area (Å²) in [5.41, 5.74) is -0.863. The van der Waals surface area contributed by atoms with Crippen LogP contribution in [-0.4, -0.2) is 32.3 Å². The Morgan fingerprint density at radius 1 is 1.14 bits per heavy atom. The first kappa shape index (κ1) is 20.3. The number of fused-ring (bicyclic) bond motifs is 1. The third-order valence-corrected chi connectivity index (χ3v) is 4.57. The van der Waals surface area contributed by atoms with E-state index in [1.54, 1.807) is 0 Å². The summed E-state index contributed by atoms with van der Waals surface area (Å²) in [5, 5.41) is 15.2. The summed E-state index contributed by atoms with van der Waals surface area (Å²) in [5.74, 6) is -2.29. The van der Waals surface area contributed by atoms with Crippen LogP contribution in [-0.2, 0) is 13.1 Å². The number of aryl methyl sites for hydroxylation is 1. The van der Waals surface area contributed by atoms with E-state index in [9.17, 15) is 32.7 Å². The Bertz CT molecular complexity index is 1190. The van der Waals surface area contributed by atoms with Crippen molar-refractivity contribution in [1.82, 2.24) is 14.3 Å². The molecule has 0 unspecified atom stereocenters. The van der Waals surface area contributed by atoms with E-state index in [1.807, 2.05) is 0 Å². The molecule has 0 saturated carbocycles. The van der Waals surface area contributed by atoms with Gasteiger partial charge >= 0.3 is 6.18 Å². The van der Waals surface area contributed by atoms with Crippen molar-refractivity contribution in [2.24, 2.45) is 0 Å². The van der Waals surface area contributed by atoms with Gasteiger partial charge in [-0.05, 0) is 26.0 Å². The molecule has 0 bridgehead atoms. The molecule has 2 aromatic heterocycles. The van der Waals surface area contributed by atoms with E-state index in [-0.39, 0.29) is 27.7 Å². The van der Waals surface area contributed by atoms with Gasteiger partial charge in [-0.1, -0.05) is 18.2 Å². The molecule has 0 aliphatic carbocycles. The zero-order valence-electron chi connectivity index (χ0n) is 15.4. The zero-order valence-corrected chi connectivity index (χ0v) is 15.4. The molecule has 2 heterocycles. The number of Topliss-reactive ketones (excluding diaryl/α,β-unsaturated/α-hetero) is 1. The molecule has 0 spiro atoms. The number of rotatable bonds is 5. The van der Waals surface area contributed by atoms with Gasteiger partial charge < -0.3 is 14.5 Å². The molecule has 0 atom stereocenters. The number of carbonyl (C=O) groups is 2. The second-order valence-corrected chi connectivity index (χ2v) is 6.55. The summed E-state index contributed by atoms with van der Waals surface area (Å²) < 4.78 is 39.9. The number of benzene rings is 1. The smallest absolute Gasteiger partial charge is 0.406 e. The van der Waals surface area contributed by atoms with Crippen LogP contribution in [0.5, 0.6) is 0 Å². The lowest BCUT2D eigenvalue weighted by Gasteiger charge is -2.13. The van der Waals surface area contributed by atoms with E-state index in [2.05, 4.69) is 5.10 Å². The van der Waals surface area contributed by atoms with Crippen LogP contribution < -0.4 is 10.7 Å². The van der Waals surface area contributed by atoms with Crippen LogP contribution in [0.1, 0.15) is 32.2 Å². The Balaban J connectivity index is 2.03. The Morgan fingerprint density at radius 2 is 1.76 bits per heavy atom. The average Bonchev–Trinajstić information content (AvgIpc) is 2.90. The number of carboxylic acids is 1. The summed E-state index contributed by atoms with van der Waals surface area (Å²) in [7, 11) is 0. The van der Waals surface area contributed by atoms with Crippen LogP contribution in [0.15, 0.2) is 35.1 Å². The van der Waals surface area contributed by atoms with Gasteiger partial charge in [0.15, 0.2) is 5.78 Å². The predicted octanol–water partition coefficient (Wildman–Crippen LogP) is 1.62. The standard InChI is InChI=1S/C19H16F3N3O4/c1-10-7-14(11(2)24(10)9-19(20,21)22)15(26)8-25-17(27)13-6-4-3-5-12(13)16(23-25)18(28)29/h3-7H,8-9H2,1-2H3,(H,28,29)/p-1. The molecule has 0 aliphatic heterocycles. The van der Waals surface area contributed by atoms with Crippen molar-refractivity contribution in [2.45, 2.75) is 33.1 Å². The summed E-state index contributed by atoms with van der Waals surface area (Å²) in [4.78, 5) is 36.7. The van der Waals surface area contributed by atoms with E-state index in [1.165, 1.54) is 44.2 Å². The molecule has 3 aromatic rings. The number of hydrogen-bond donors (Lipinski definition) is 0. The van der Waals surface area contributed by atoms with Gasteiger partial charge in [0.25, 0.3) is 5.56 Å². The highest BCUT2D eigenvalue weighted by atomic mass is 19.4. The normalized spacial score (nSPS) is 11.8. The van der Waals surface area contributed by atoms with Crippen LogP contribution in [0.25, 0.3) is 10.8 Å². The molecular formula is C19H15F3N3O4-. The van der Waals surface area contributed by atoms with Crippen LogP contribution in [0.4, 0.5) is 13.2 Å². The third kappa shape index (κ3) is 3.91. The molecule has 0 N–H and O–H groups in total. The van der Waals surface area contributed by atoms with E-state index in [0.29, 0.717) is 4.68 Å². The molecule has 0 radical (unpaired) electrons. The van der Waals surface area contributed by atoms with Gasteiger partial charge in [-0.2, -0.15) is 18.3 Å². The van der Waals surface area contributed by atoms with Crippen LogP contribution in [0.3, 0.4) is 0 Å². The van der Waals surface area contributed by atoms with E-state index in [4.69, 9.17) is 0 Å². The highest BCUT2D eigenvalue weighted by Crippen LogP contribution is 2.23. The monoisotopic (exact) mass is 406 g/mol. The third-order valence-electron chi connectivity index (χ3n) is 4.57. The second kappa shape index (κ2) is 7.19. The predicted molar refractivity (Wildman–Crippen MR) is 94.6 cm³/mol. The van der Waals surface area contributed by atoms with E-state index in [0.717, 1.165) is 4.57 Å². The fourth-order valence-electron chi connectivity index (χ4n) is 3.22. The average molecular weight is 406 g/mol. The molecular weight excluding hydrogens is 391 g/mol. The van der Waals surface area contributed by atoms with Gasteiger partial charge in [0, 0.05) is 22.3 Å². The molecule has 7 nitrogen and oxygen atoms in total. The number of ketones is 1. The summed E-state index contributed by atoms with van der Waals surface area (Å²) in [6, 6.07) is 7.14. The fourth-order valence-corrected chi connectivity index (χ4v) is 3.22. The molecule has 152 valence electrons. The second-order valence-electron chi connectivity index (χ2n) is 6.55. The van der Waals surface area contributed by atoms with Gasteiger partial charge in [-0.3, -0.25) is 9.59 Å². The van der Waals surface area contributed by atoms with Gasteiger partial charge in [-0.15, -0.1) is 0 Å². The topological polar surface area (TPSA) is 97.0 Å². The van der Waals surface area contributed by atoms with Crippen molar-refractivity contribution in [2.75, 3.05) is 0 Å². The Labute approximate surface area is 162 Å². The Hall–Kier alpha value is -3.43. The minimum Gasteiger partial charge on any atom is -0.543 e. The van der Waals surface area contributed by atoms with E-state index >= 15 is 0 Å². The first-order valence-corrected chi connectivity index (χ1v) is 8.47. The SMILES string of the molecule is Cc1cc(C(=O)Cn2nc(C(=O)[O-])c3ccccc3c2=O)c(C)n1CC(F)(F)F. The largest absolute Gasteiger partial charge is 0.543 e. The minimum absolute atomic E-state index is 0.00334. The number of halogens is 3. The van der Waals surface area contributed by atoms with Crippen molar-refractivity contribution >= 4 is 22.5 Å². The van der Waals surface area contributed by atoms with E-state index < -0.39 is 42.3 Å². The molecule has 10 heteroatoms. The molecule has 1 aromatic carbocycles. The number of aromatic nitrogens is 3. The summed E-state index contributed by atoms with van der Waals surface area (Å²) >= 11 is 0. The number of aromatic carboxylic acids is 1. The summed E-state index contributed by atoms with van der Waals surface area (Å²) in [6.07, 6.45) is -4.46. The Kier molecular flexibility index (Phi) is 5.04. The number of nitrogens with zero attached hydrogens (tertiary/aromatic N) is 3. The van der Waals surface area contributed by atoms with Gasteiger partial charge in [0.05, 0.1) is 11.4 Å². The number of hydrogen-bond acceptors (Lipinski definition) is 5. The Morgan fingerprint density at radius 3 is 2.34 bits per heavy atom. The first-order valence-electron chi connectivity index (χ1n) is 8.47. The highest BCUT2D eigenvalue weighted by Gasteiger charge is 2.30. The van der Waals surface area contributed by atoms with Gasteiger partial charge in [0.2, 0.25) is 0 Å². The quantitative estimate of drug-likeness (QED) is 0.600. The molecule has 0 fully saturated rings. The van der Waals surface area contributed by atoms with Crippen molar-refractivity contribution < 1.29 is 27.9 Å². The molecule has 0 saturated heterocycles. The van der Waals surface area contributed by atoms with Crippen LogP contribution in [0, 0.1) is 13.8 Å². The van der Waals surface area contributed by atoms with Crippen LogP contribution >= 0.6 is 0 Å². The lowest BCUT2D eigenvalue weighted by molar-refractivity contribution is -0.255. The number of carboxylic acid groups (broad SMARTS) is 1. The number of alkyl halides is 3. The highest BCUT2D eigenvalue weighted by molar-refractivity contribution is 6.01. The molecule has 3 rings (SSSR count). The van der Waals surface area contributed by atoms with Crippen molar-refractivity contribution in [3.8, 4) is 0 Å². The van der Waals surface area contributed by atoms with Crippen LogP contribution in [0.2, 0.25) is 0 Å². The lowest BCUT2D eigenvalue weighted by atomic mass is 10.1. The minimum atomic E-state index is -4.46. The molecule has 0 aliphatic rings.